The molecule has 0 spiro atoms. The van der Waals surface area contributed by atoms with Gasteiger partial charge >= 0.3 is 0 Å². The average Bonchev–Trinajstić information content (AvgIpc) is 3.06. The molecule has 6 heteroatoms. The minimum atomic E-state index is 0.750. The van der Waals surface area contributed by atoms with Crippen LogP contribution >= 0.6 is 11.8 Å². The molecular weight excluding hydrogens is 308 g/mol. The van der Waals surface area contributed by atoms with Gasteiger partial charge in [0.1, 0.15) is 12.1 Å². The van der Waals surface area contributed by atoms with Crippen LogP contribution in [-0.2, 0) is 5.75 Å². The van der Waals surface area contributed by atoms with Crippen LogP contribution in [0.3, 0.4) is 0 Å². The number of para-hydroxylation sites is 1. The lowest BCUT2D eigenvalue weighted by atomic mass is 10.2. The van der Waals surface area contributed by atoms with Crippen LogP contribution in [-0.4, -0.2) is 28.2 Å². The second kappa shape index (κ2) is 7.60. The molecule has 2 aromatic carbocycles. The highest BCUT2D eigenvalue weighted by molar-refractivity contribution is 7.98. The van der Waals surface area contributed by atoms with E-state index < -0.39 is 0 Å². The quantitative estimate of drug-likeness (QED) is 0.515. The summed E-state index contributed by atoms with van der Waals surface area (Å²) >= 11 is 1.60. The highest BCUT2D eigenvalue weighted by Gasteiger charge is 2.05. The third-order valence-electron chi connectivity index (χ3n) is 3.17. The Balaban J connectivity index is 1.72. The summed E-state index contributed by atoms with van der Waals surface area (Å²) in [4.78, 5) is 0. The molecule has 0 amide bonds. The fourth-order valence-electron chi connectivity index (χ4n) is 2.01. The number of ether oxygens (including phenoxy) is 1. The van der Waals surface area contributed by atoms with Gasteiger partial charge in [-0.05, 0) is 17.7 Å². The van der Waals surface area contributed by atoms with Gasteiger partial charge in [-0.3, -0.25) is 0 Å². The van der Waals surface area contributed by atoms with Crippen LogP contribution in [0.1, 0.15) is 11.1 Å². The summed E-state index contributed by atoms with van der Waals surface area (Å²) in [6, 6.07) is 18.0. The predicted octanol–water partition coefficient (Wildman–Crippen LogP) is 3.46. The molecule has 23 heavy (non-hydrogen) atoms. The van der Waals surface area contributed by atoms with E-state index in [9.17, 15) is 0 Å². The Kier molecular flexibility index (Phi) is 5.06. The smallest absolute Gasteiger partial charge is 0.212 e. The third kappa shape index (κ3) is 3.98. The Hall–Kier alpha value is -2.60. The fourth-order valence-corrected chi connectivity index (χ4v) is 2.83. The van der Waals surface area contributed by atoms with Crippen molar-refractivity contribution in [3.63, 3.8) is 0 Å². The zero-order chi connectivity index (χ0) is 15.9. The number of hydrogen-bond donors (Lipinski definition) is 0. The number of rotatable bonds is 6. The molecule has 0 saturated heterocycles. The van der Waals surface area contributed by atoms with Crippen molar-refractivity contribution in [2.45, 2.75) is 10.9 Å². The molecule has 0 bridgehead atoms. The lowest BCUT2D eigenvalue weighted by Gasteiger charge is -2.04. The van der Waals surface area contributed by atoms with Crippen molar-refractivity contribution >= 4 is 18.0 Å². The first kappa shape index (κ1) is 15.3. The van der Waals surface area contributed by atoms with Crippen molar-refractivity contribution in [3.8, 4) is 5.75 Å². The van der Waals surface area contributed by atoms with Gasteiger partial charge in [0.2, 0.25) is 5.16 Å². The van der Waals surface area contributed by atoms with Gasteiger partial charge in [-0.2, -0.15) is 9.78 Å². The Bertz CT molecular complexity index is 786. The molecule has 3 aromatic rings. The molecule has 0 aliphatic carbocycles. The second-order valence-electron chi connectivity index (χ2n) is 4.72. The van der Waals surface area contributed by atoms with Crippen molar-refractivity contribution in [2.24, 2.45) is 5.10 Å². The van der Waals surface area contributed by atoms with Gasteiger partial charge in [-0.25, -0.2) is 0 Å². The van der Waals surface area contributed by atoms with Crippen molar-refractivity contribution < 1.29 is 4.74 Å². The number of benzene rings is 2. The number of thioether (sulfide) groups is 1. The molecule has 0 fully saturated rings. The molecule has 0 N–H and O–H groups in total. The maximum absolute atomic E-state index is 5.31. The molecule has 0 aliphatic rings. The largest absolute Gasteiger partial charge is 0.496 e. The van der Waals surface area contributed by atoms with Crippen LogP contribution in [0, 0.1) is 0 Å². The molecule has 1 heterocycles. The Morgan fingerprint density at radius 2 is 1.91 bits per heavy atom. The molecule has 0 radical (unpaired) electrons. The first-order valence-corrected chi connectivity index (χ1v) is 8.09. The monoisotopic (exact) mass is 324 g/mol. The van der Waals surface area contributed by atoms with Gasteiger partial charge in [0.05, 0.1) is 13.3 Å². The van der Waals surface area contributed by atoms with Crippen molar-refractivity contribution in [1.82, 2.24) is 14.9 Å². The van der Waals surface area contributed by atoms with Crippen LogP contribution in [0.5, 0.6) is 5.75 Å². The van der Waals surface area contributed by atoms with Crippen LogP contribution in [0.15, 0.2) is 71.2 Å². The van der Waals surface area contributed by atoms with Gasteiger partial charge in [-0.15, -0.1) is 10.2 Å². The Labute approximate surface area is 139 Å². The average molecular weight is 324 g/mol. The lowest BCUT2D eigenvalue weighted by Crippen LogP contribution is -1.95. The van der Waals surface area contributed by atoms with Gasteiger partial charge in [-0.1, -0.05) is 54.2 Å². The maximum atomic E-state index is 5.31. The third-order valence-corrected chi connectivity index (χ3v) is 4.18. The highest BCUT2D eigenvalue weighted by atomic mass is 32.2. The molecule has 3 rings (SSSR count). The van der Waals surface area contributed by atoms with Gasteiger partial charge in [0.15, 0.2) is 0 Å². The minimum Gasteiger partial charge on any atom is -0.496 e. The highest BCUT2D eigenvalue weighted by Crippen LogP contribution is 2.20. The fraction of sp³-hybridized carbons (Fsp3) is 0.118. The minimum absolute atomic E-state index is 0.750. The summed E-state index contributed by atoms with van der Waals surface area (Å²) in [6.45, 7) is 0. The van der Waals surface area contributed by atoms with E-state index in [4.69, 9.17) is 4.74 Å². The molecule has 116 valence electrons. The van der Waals surface area contributed by atoms with Crippen molar-refractivity contribution in [2.75, 3.05) is 7.11 Å². The van der Waals surface area contributed by atoms with Gasteiger partial charge in [0, 0.05) is 11.3 Å². The zero-order valence-electron chi connectivity index (χ0n) is 12.7. The van der Waals surface area contributed by atoms with E-state index in [1.54, 1.807) is 36.1 Å². The zero-order valence-corrected chi connectivity index (χ0v) is 13.5. The second-order valence-corrected chi connectivity index (χ2v) is 5.66. The first-order valence-electron chi connectivity index (χ1n) is 7.11. The number of aromatic nitrogens is 3. The first-order chi connectivity index (χ1) is 11.4. The number of hydrogen-bond acceptors (Lipinski definition) is 5. The standard InChI is InChI=1S/C17H16N4OS/c1-22-16-10-6-5-9-15(16)11-19-21-13-18-20-17(21)23-12-14-7-3-2-4-8-14/h2-11,13H,12H2,1H3/b19-11-. The van der Waals surface area contributed by atoms with E-state index in [0.717, 1.165) is 22.2 Å². The molecule has 0 aliphatic heterocycles. The Morgan fingerprint density at radius 3 is 2.74 bits per heavy atom. The van der Waals surface area contributed by atoms with Crippen LogP contribution in [0.2, 0.25) is 0 Å². The van der Waals surface area contributed by atoms with E-state index in [-0.39, 0.29) is 0 Å². The Morgan fingerprint density at radius 1 is 1.13 bits per heavy atom. The molecule has 5 nitrogen and oxygen atoms in total. The summed E-state index contributed by atoms with van der Waals surface area (Å²) in [6.07, 6.45) is 3.34. The van der Waals surface area contributed by atoms with E-state index in [1.807, 2.05) is 42.5 Å². The summed E-state index contributed by atoms with van der Waals surface area (Å²) in [7, 11) is 1.65. The molecule has 0 unspecified atom stereocenters. The van der Waals surface area contributed by atoms with Crippen LogP contribution in [0.4, 0.5) is 0 Å². The topological polar surface area (TPSA) is 52.3 Å². The van der Waals surface area contributed by atoms with Crippen molar-refractivity contribution in [1.29, 1.82) is 0 Å². The summed E-state index contributed by atoms with van der Waals surface area (Å²) < 4.78 is 6.98. The SMILES string of the molecule is COc1ccccc1/C=N\n1cnnc1SCc1ccccc1. The van der Waals surface area contributed by atoms with Gasteiger partial charge < -0.3 is 4.74 Å². The lowest BCUT2D eigenvalue weighted by molar-refractivity contribution is 0.414. The number of methoxy groups -OCH3 is 1. The summed E-state index contributed by atoms with van der Waals surface area (Å²) in [5.74, 6) is 1.60. The molecule has 0 atom stereocenters. The van der Waals surface area contributed by atoms with Crippen molar-refractivity contribution in [3.05, 3.63) is 72.1 Å². The summed E-state index contributed by atoms with van der Waals surface area (Å²) in [5, 5.41) is 13.2. The van der Waals surface area contributed by atoms with E-state index >= 15 is 0 Å². The van der Waals surface area contributed by atoms with Crippen LogP contribution in [0.25, 0.3) is 0 Å². The molecule has 0 saturated carbocycles. The summed E-state index contributed by atoms with van der Waals surface area (Å²) in [5.41, 5.74) is 2.14. The van der Waals surface area contributed by atoms with Crippen LogP contribution < -0.4 is 4.74 Å². The predicted molar refractivity (Wildman–Crippen MR) is 92.0 cm³/mol. The number of nitrogens with zero attached hydrogens (tertiary/aromatic N) is 4. The molecular formula is C17H16N4OS. The molecule has 1 aromatic heterocycles. The van der Waals surface area contributed by atoms with E-state index in [1.165, 1.54) is 5.56 Å². The maximum Gasteiger partial charge on any atom is 0.212 e. The normalized spacial score (nSPS) is 11.0. The van der Waals surface area contributed by atoms with Gasteiger partial charge in [0.25, 0.3) is 0 Å². The van der Waals surface area contributed by atoms with E-state index in [0.29, 0.717) is 0 Å². The van der Waals surface area contributed by atoms with E-state index in [2.05, 4.69) is 27.4 Å².